The molecule has 0 amide bonds. The summed E-state index contributed by atoms with van der Waals surface area (Å²) in [6.45, 7) is 2.67. The van der Waals surface area contributed by atoms with Crippen molar-refractivity contribution < 1.29 is 4.74 Å². The van der Waals surface area contributed by atoms with E-state index in [4.69, 9.17) is 10.00 Å². The summed E-state index contributed by atoms with van der Waals surface area (Å²) in [4.78, 5) is 7.84. The van der Waals surface area contributed by atoms with Crippen LogP contribution in [0.15, 0.2) is 12.4 Å². The number of aromatic nitrogens is 2. The molecule has 0 radical (unpaired) electrons. The summed E-state index contributed by atoms with van der Waals surface area (Å²) in [5, 5.41) is 8.44. The number of hydrogen-bond acceptors (Lipinski definition) is 4. The first-order chi connectivity index (χ1) is 6.36. The van der Waals surface area contributed by atoms with Gasteiger partial charge in [0.15, 0.2) is 0 Å². The third-order valence-electron chi connectivity index (χ3n) is 1.41. The summed E-state index contributed by atoms with van der Waals surface area (Å²) >= 11 is 0. The molecule has 13 heavy (non-hydrogen) atoms. The third kappa shape index (κ3) is 3.08. The topological polar surface area (TPSA) is 58.8 Å². The maximum Gasteiger partial charge on any atom is 0.216 e. The summed E-state index contributed by atoms with van der Waals surface area (Å²) < 4.78 is 5.28. The summed E-state index contributed by atoms with van der Waals surface area (Å²) in [5.41, 5.74) is 0.698. The van der Waals surface area contributed by atoms with E-state index in [0.29, 0.717) is 24.6 Å². The molecule has 0 aliphatic heterocycles. The Bertz CT molecular complexity index is 306. The molecule has 0 aliphatic carbocycles. The maximum absolute atomic E-state index is 8.44. The molecule has 0 bridgehead atoms. The minimum absolute atomic E-state index is 0.297. The minimum atomic E-state index is 0.297. The molecular weight excluding hydrogens is 166 g/mol. The first-order valence-electron chi connectivity index (χ1n) is 4.17. The second kappa shape index (κ2) is 5.09. The van der Waals surface area contributed by atoms with E-state index in [0.717, 1.165) is 6.42 Å². The van der Waals surface area contributed by atoms with Gasteiger partial charge in [0.1, 0.15) is 6.33 Å². The van der Waals surface area contributed by atoms with Gasteiger partial charge < -0.3 is 4.74 Å². The molecule has 1 heterocycles. The number of ether oxygens (including phenoxy) is 1. The molecule has 1 aromatic rings. The van der Waals surface area contributed by atoms with Gasteiger partial charge in [-0.1, -0.05) is 6.92 Å². The van der Waals surface area contributed by atoms with Gasteiger partial charge in [-0.15, -0.1) is 0 Å². The van der Waals surface area contributed by atoms with Crippen LogP contribution in [0.25, 0.3) is 0 Å². The number of hydrogen-bond donors (Lipinski definition) is 0. The molecule has 0 saturated carbocycles. The SMILES string of the molecule is CCCOc1cc(CC#N)ncn1. The molecule has 0 aromatic carbocycles. The molecule has 1 rings (SSSR count). The first kappa shape index (κ1) is 9.46. The molecule has 0 unspecified atom stereocenters. The monoisotopic (exact) mass is 177 g/mol. The Kier molecular flexibility index (Phi) is 3.71. The van der Waals surface area contributed by atoms with Crippen molar-refractivity contribution in [3.8, 4) is 11.9 Å². The Morgan fingerprint density at radius 2 is 2.38 bits per heavy atom. The van der Waals surface area contributed by atoms with Gasteiger partial charge >= 0.3 is 0 Å². The highest BCUT2D eigenvalue weighted by Gasteiger charge is 1.98. The van der Waals surface area contributed by atoms with E-state index in [9.17, 15) is 0 Å². The van der Waals surface area contributed by atoms with Crippen molar-refractivity contribution in [2.45, 2.75) is 19.8 Å². The van der Waals surface area contributed by atoms with Crippen LogP contribution in [0.5, 0.6) is 5.88 Å². The highest BCUT2D eigenvalue weighted by atomic mass is 16.5. The van der Waals surface area contributed by atoms with Crippen LogP contribution in [0.4, 0.5) is 0 Å². The van der Waals surface area contributed by atoms with Gasteiger partial charge in [-0.2, -0.15) is 5.26 Å². The van der Waals surface area contributed by atoms with E-state index in [2.05, 4.69) is 9.97 Å². The Hall–Kier alpha value is -1.63. The lowest BCUT2D eigenvalue weighted by Crippen LogP contribution is -1.99. The molecule has 0 saturated heterocycles. The van der Waals surface area contributed by atoms with Gasteiger partial charge in [0, 0.05) is 6.07 Å². The molecule has 0 aliphatic rings. The Labute approximate surface area is 77.2 Å². The van der Waals surface area contributed by atoms with Crippen molar-refractivity contribution in [3.05, 3.63) is 18.1 Å². The van der Waals surface area contributed by atoms with Crippen molar-refractivity contribution in [2.75, 3.05) is 6.61 Å². The van der Waals surface area contributed by atoms with Crippen molar-refractivity contribution in [1.82, 2.24) is 9.97 Å². The van der Waals surface area contributed by atoms with Crippen LogP contribution in [-0.4, -0.2) is 16.6 Å². The number of nitriles is 1. The highest BCUT2D eigenvalue weighted by Crippen LogP contribution is 2.06. The third-order valence-corrected chi connectivity index (χ3v) is 1.41. The molecule has 68 valence electrons. The molecule has 4 heteroatoms. The molecule has 0 fully saturated rings. The van der Waals surface area contributed by atoms with E-state index in [1.807, 2.05) is 13.0 Å². The van der Waals surface area contributed by atoms with Crippen LogP contribution < -0.4 is 4.74 Å². The van der Waals surface area contributed by atoms with Crippen LogP contribution >= 0.6 is 0 Å². The molecule has 0 spiro atoms. The van der Waals surface area contributed by atoms with Crippen LogP contribution in [0, 0.1) is 11.3 Å². The molecule has 0 atom stereocenters. The average molecular weight is 177 g/mol. The summed E-state index contributed by atoms with van der Waals surface area (Å²) in [7, 11) is 0. The average Bonchev–Trinajstić information content (AvgIpc) is 2.16. The first-order valence-corrected chi connectivity index (χ1v) is 4.17. The van der Waals surface area contributed by atoms with E-state index < -0.39 is 0 Å². The lowest BCUT2D eigenvalue weighted by atomic mass is 10.3. The largest absolute Gasteiger partial charge is 0.478 e. The summed E-state index contributed by atoms with van der Waals surface area (Å²) in [5.74, 6) is 0.544. The fourth-order valence-electron chi connectivity index (χ4n) is 0.840. The van der Waals surface area contributed by atoms with Crippen LogP contribution in [0.2, 0.25) is 0 Å². The van der Waals surface area contributed by atoms with Gasteiger partial charge in [0.05, 0.1) is 24.8 Å². The lowest BCUT2D eigenvalue weighted by Gasteiger charge is -2.02. The Morgan fingerprint density at radius 3 is 3.08 bits per heavy atom. The highest BCUT2D eigenvalue weighted by molar-refractivity contribution is 5.15. The van der Waals surface area contributed by atoms with Gasteiger partial charge in [-0.3, -0.25) is 0 Å². The summed E-state index contributed by atoms with van der Waals surface area (Å²) in [6, 6.07) is 3.71. The Morgan fingerprint density at radius 1 is 1.54 bits per heavy atom. The lowest BCUT2D eigenvalue weighted by molar-refractivity contribution is 0.304. The van der Waals surface area contributed by atoms with Crippen molar-refractivity contribution >= 4 is 0 Å². The zero-order valence-electron chi connectivity index (χ0n) is 7.53. The smallest absolute Gasteiger partial charge is 0.216 e. The van der Waals surface area contributed by atoms with Gasteiger partial charge in [0.2, 0.25) is 5.88 Å². The van der Waals surface area contributed by atoms with Crippen LogP contribution in [0.1, 0.15) is 19.0 Å². The maximum atomic E-state index is 8.44. The molecule has 4 nitrogen and oxygen atoms in total. The normalized spacial score (nSPS) is 9.23. The number of rotatable bonds is 4. The second-order valence-corrected chi connectivity index (χ2v) is 2.53. The minimum Gasteiger partial charge on any atom is -0.478 e. The van der Waals surface area contributed by atoms with Gasteiger partial charge in [-0.25, -0.2) is 9.97 Å². The fraction of sp³-hybridized carbons (Fsp3) is 0.444. The number of nitrogens with zero attached hydrogens (tertiary/aromatic N) is 3. The predicted molar refractivity (Wildman–Crippen MR) is 47.1 cm³/mol. The standard InChI is InChI=1S/C9H11N3O/c1-2-5-13-9-6-8(3-4-10)11-7-12-9/h6-7H,2-3,5H2,1H3. The van der Waals surface area contributed by atoms with E-state index in [1.165, 1.54) is 6.33 Å². The Balaban J connectivity index is 2.63. The quantitative estimate of drug-likeness (QED) is 0.696. The van der Waals surface area contributed by atoms with E-state index >= 15 is 0 Å². The van der Waals surface area contributed by atoms with Crippen molar-refractivity contribution in [1.29, 1.82) is 5.26 Å². The predicted octanol–water partition coefficient (Wildman–Crippen LogP) is 1.33. The summed E-state index contributed by atoms with van der Waals surface area (Å²) in [6.07, 6.45) is 2.65. The fourth-order valence-corrected chi connectivity index (χ4v) is 0.840. The second-order valence-electron chi connectivity index (χ2n) is 2.53. The van der Waals surface area contributed by atoms with E-state index in [-0.39, 0.29) is 0 Å². The zero-order chi connectivity index (χ0) is 9.52. The molecular formula is C9H11N3O. The van der Waals surface area contributed by atoms with Crippen LogP contribution in [0.3, 0.4) is 0 Å². The van der Waals surface area contributed by atoms with E-state index in [1.54, 1.807) is 6.07 Å². The van der Waals surface area contributed by atoms with Gasteiger partial charge in [0.25, 0.3) is 0 Å². The van der Waals surface area contributed by atoms with Crippen molar-refractivity contribution in [3.63, 3.8) is 0 Å². The van der Waals surface area contributed by atoms with Gasteiger partial charge in [-0.05, 0) is 6.42 Å². The van der Waals surface area contributed by atoms with Crippen LogP contribution in [-0.2, 0) is 6.42 Å². The van der Waals surface area contributed by atoms with Crippen molar-refractivity contribution in [2.24, 2.45) is 0 Å². The zero-order valence-corrected chi connectivity index (χ0v) is 7.53. The molecule has 0 N–H and O–H groups in total. The molecule has 1 aromatic heterocycles.